The quantitative estimate of drug-likeness (QED) is 0.415. The van der Waals surface area contributed by atoms with Crippen LogP contribution < -0.4 is 20.5 Å². The van der Waals surface area contributed by atoms with Gasteiger partial charge >= 0.3 is 0 Å². The van der Waals surface area contributed by atoms with Crippen molar-refractivity contribution in [3.63, 3.8) is 0 Å². The lowest BCUT2D eigenvalue weighted by molar-refractivity contribution is 0.297. The summed E-state index contributed by atoms with van der Waals surface area (Å²) in [7, 11) is 0. The molecular weight excluding hydrogens is 417 g/mol. The largest absolute Gasteiger partial charge is 0.490 e. The number of ether oxygens (including phenoxy) is 2. The first-order valence-electron chi connectivity index (χ1n) is 8.67. The molecule has 0 saturated heterocycles. The van der Waals surface area contributed by atoms with Crippen molar-refractivity contribution in [1.29, 1.82) is 0 Å². The maximum absolute atomic E-state index is 6.07. The number of aliphatic imine (C=N–C) groups is 1. The van der Waals surface area contributed by atoms with Crippen LogP contribution in [0.1, 0.15) is 45.4 Å². The maximum Gasteiger partial charge on any atom is 0.193 e. The molecule has 0 bridgehead atoms. The van der Waals surface area contributed by atoms with E-state index in [1.807, 2.05) is 18.2 Å². The van der Waals surface area contributed by atoms with Crippen molar-refractivity contribution >= 4 is 35.6 Å². The smallest absolute Gasteiger partial charge is 0.193 e. The summed E-state index contributed by atoms with van der Waals surface area (Å²) in [5.41, 5.74) is 7.31. The molecule has 0 atom stereocenters. The number of rotatable bonds is 4. The molecule has 6 heteroatoms. The molecule has 0 amide bonds. The summed E-state index contributed by atoms with van der Waals surface area (Å²) in [6.07, 6.45) is 7.25. The second kappa shape index (κ2) is 8.78. The van der Waals surface area contributed by atoms with Crippen LogP contribution in [0.15, 0.2) is 23.2 Å². The van der Waals surface area contributed by atoms with Crippen LogP contribution in [0.5, 0.6) is 11.5 Å². The highest BCUT2D eigenvalue weighted by atomic mass is 127. The Hall–Kier alpha value is -1.18. The average molecular weight is 445 g/mol. The second-order valence-electron chi connectivity index (χ2n) is 6.60. The van der Waals surface area contributed by atoms with Gasteiger partial charge < -0.3 is 20.5 Å². The van der Waals surface area contributed by atoms with E-state index >= 15 is 0 Å². The molecule has 1 aromatic carbocycles. The molecule has 3 rings (SSSR count). The number of benzene rings is 1. The molecule has 1 aliphatic carbocycles. The monoisotopic (exact) mass is 445 g/mol. The number of nitrogens with one attached hydrogen (secondary N) is 1. The fraction of sp³-hybridized carbons (Fsp3) is 0.611. The number of fused-ring (bicyclic) bond motifs is 1. The van der Waals surface area contributed by atoms with Crippen LogP contribution in [0, 0.1) is 5.41 Å². The number of nitrogens with two attached hydrogens (primary N) is 1. The van der Waals surface area contributed by atoms with Gasteiger partial charge in [-0.2, -0.15) is 0 Å². The lowest BCUT2D eigenvalue weighted by Crippen LogP contribution is -2.27. The van der Waals surface area contributed by atoms with E-state index in [4.69, 9.17) is 15.2 Å². The number of hydrogen-bond acceptors (Lipinski definition) is 3. The molecule has 24 heavy (non-hydrogen) atoms. The van der Waals surface area contributed by atoms with Crippen molar-refractivity contribution in [2.24, 2.45) is 16.1 Å². The first kappa shape index (κ1) is 19.1. The van der Waals surface area contributed by atoms with Crippen molar-refractivity contribution in [3.8, 4) is 11.5 Å². The second-order valence-corrected chi connectivity index (χ2v) is 6.60. The number of nitrogens with zero attached hydrogens (tertiary/aromatic N) is 1. The van der Waals surface area contributed by atoms with Crippen LogP contribution in [0.2, 0.25) is 0 Å². The Morgan fingerprint density at radius 3 is 2.58 bits per heavy atom. The van der Waals surface area contributed by atoms with Gasteiger partial charge in [-0.25, -0.2) is 0 Å². The van der Waals surface area contributed by atoms with E-state index in [1.165, 1.54) is 32.1 Å². The third kappa shape index (κ3) is 4.68. The zero-order chi connectivity index (χ0) is 16.1. The Labute approximate surface area is 161 Å². The molecule has 1 aromatic rings. The Bertz CT molecular complexity index is 571. The molecule has 2 aliphatic rings. The molecule has 1 heterocycles. The standard InChI is InChI=1S/C18H27N3O2.HI/c1-2-18(8-3-4-9-18)13-20-17(19)21-14-6-7-15-16(12-14)23-11-5-10-22-15;/h6-7,12H,2-5,8-11,13H2,1H3,(H3,19,20,21);1H. The van der Waals surface area contributed by atoms with Crippen molar-refractivity contribution in [3.05, 3.63) is 18.2 Å². The van der Waals surface area contributed by atoms with E-state index in [9.17, 15) is 0 Å². The van der Waals surface area contributed by atoms with Gasteiger partial charge in [-0.1, -0.05) is 19.8 Å². The third-order valence-corrected chi connectivity index (χ3v) is 5.02. The lowest BCUT2D eigenvalue weighted by Gasteiger charge is -2.25. The minimum absolute atomic E-state index is 0. The van der Waals surface area contributed by atoms with Gasteiger partial charge in [-0.3, -0.25) is 4.99 Å². The van der Waals surface area contributed by atoms with Gasteiger partial charge in [0, 0.05) is 24.7 Å². The Kier molecular flexibility index (Phi) is 7.01. The highest BCUT2D eigenvalue weighted by Crippen LogP contribution is 2.41. The number of anilines is 1. The highest BCUT2D eigenvalue weighted by Gasteiger charge is 2.31. The minimum Gasteiger partial charge on any atom is -0.490 e. The first-order chi connectivity index (χ1) is 11.2. The van der Waals surface area contributed by atoms with Gasteiger partial charge in [-0.05, 0) is 36.8 Å². The van der Waals surface area contributed by atoms with Crippen LogP contribution in [-0.2, 0) is 0 Å². The molecule has 134 valence electrons. The van der Waals surface area contributed by atoms with E-state index in [0.29, 0.717) is 24.6 Å². The molecule has 5 nitrogen and oxygen atoms in total. The Balaban J connectivity index is 0.00000208. The Morgan fingerprint density at radius 2 is 1.88 bits per heavy atom. The van der Waals surface area contributed by atoms with E-state index in [0.717, 1.165) is 30.2 Å². The summed E-state index contributed by atoms with van der Waals surface area (Å²) in [6, 6.07) is 5.79. The molecule has 3 N–H and O–H groups in total. The van der Waals surface area contributed by atoms with Crippen LogP contribution in [0.25, 0.3) is 0 Å². The van der Waals surface area contributed by atoms with E-state index < -0.39 is 0 Å². The molecule has 1 saturated carbocycles. The van der Waals surface area contributed by atoms with Crippen LogP contribution in [0.4, 0.5) is 5.69 Å². The van der Waals surface area contributed by atoms with Crippen molar-refractivity contribution in [2.45, 2.75) is 45.4 Å². The maximum atomic E-state index is 6.07. The predicted octanol–water partition coefficient (Wildman–Crippen LogP) is 4.16. The van der Waals surface area contributed by atoms with Crippen molar-refractivity contribution < 1.29 is 9.47 Å². The number of guanidine groups is 1. The molecule has 1 fully saturated rings. The molecule has 1 aliphatic heterocycles. The molecular formula is C18H28IN3O2. The van der Waals surface area contributed by atoms with Crippen molar-refractivity contribution in [1.82, 2.24) is 0 Å². The van der Waals surface area contributed by atoms with Gasteiger partial charge in [0.1, 0.15) is 0 Å². The summed E-state index contributed by atoms with van der Waals surface area (Å²) in [4.78, 5) is 4.59. The van der Waals surface area contributed by atoms with Crippen LogP contribution >= 0.6 is 24.0 Å². The van der Waals surface area contributed by atoms with Gasteiger partial charge in [0.15, 0.2) is 17.5 Å². The zero-order valence-electron chi connectivity index (χ0n) is 14.3. The summed E-state index contributed by atoms with van der Waals surface area (Å²) >= 11 is 0. The highest BCUT2D eigenvalue weighted by molar-refractivity contribution is 14.0. The normalized spacial score (nSPS) is 19.3. The number of hydrogen-bond donors (Lipinski definition) is 2. The van der Waals surface area contributed by atoms with Crippen LogP contribution in [0.3, 0.4) is 0 Å². The SMILES string of the molecule is CCC1(CN=C(N)Nc2ccc3c(c2)OCCCO3)CCCC1.I. The summed E-state index contributed by atoms with van der Waals surface area (Å²) in [5.74, 6) is 2.03. The van der Waals surface area contributed by atoms with Gasteiger partial charge in [-0.15, -0.1) is 24.0 Å². The zero-order valence-corrected chi connectivity index (χ0v) is 16.7. The predicted molar refractivity (Wildman–Crippen MR) is 109 cm³/mol. The van der Waals surface area contributed by atoms with E-state index in [2.05, 4.69) is 17.2 Å². The molecule has 0 spiro atoms. The molecule has 0 radical (unpaired) electrons. The minimum atomic E-state index is 0. The summed E-state index contributed by atoms with van der Waals surface area (Å²) in [6.45, 7) is 4.45. The fourth-order valence-corrected chi connectivity index (χ4v) is 3.43. The summed E-state index contributed by atoms with van der Waals surface area (Å²) < 4.78 is 11.3. The lowest BCUT2D eigenvalue weighted by atomic mass is 9.84. The molecule has 0 unspecified atom stereocenters. The van der Waals surface area contributed by atoms with Gasteiger partial charge in [0.05, 0.1) is 13.2 Å². The Morgan fingerprint density at radius 1 is 1.17 bits per heavy atom. The van der Waals surface area contributed by atoms with Gasteiger partial charge in [0.25, 0.3) is 0 Å². The molecule has 0 aromatic heterocycles. The topological polar surface area (TPSA) is 68.9 Å². The number of halogens is 1. The van der Waals surface area contributed by atoms with Crippen molar-refractivity contribution in [2.75, 3.05) is 25.1 Å². The van der Waals surface area contributed by atoms with Crippen LogP contribution in [-0.4, -0.2) is 25.7 Å². The average Bonchev–Trinajstić information content (AvgIpc) is 2.92. The summed E-state index contributed by atoms with van der Waals surface area (Å²) in [5, 5.41) is 3.17. The van der Waals surface area contributed by atoms with E-state index in [-0.39, 0.29) is 24.0 Å². The van der Waals surface area contributed by atoms with E-state index in [1.54, 1.807) is 0 Å². The third-order valence-electron chi connectivity index (χ3n) is 5.02. The fourth-order valence-electron chi connectivity index (χ4n) is 3.43. The van der Waals surface area contributed by atoms with Gasteiger partial charge in [0.2, 0.25) is 0 Å². The first-order valence-corrected chi connectivity index (χ1v) is 8.67.